The molecule has 2 aromatic heterocycles. The van der Waals surface area contributed by atoms with E-state index in [-0.39, 0.29) is 5.91 Å². The van der Waals surface area contributed by atoms with Crippen LogP contribution < -0.4 is 19.5 Å². The first kappa shape index (κ1) is 19.3. The molecule has 1 amide bonds. The fourth-order valence-electron chi connectivity index (χ4n) is 3.28. The van der Waals surface area contributed by atoms with E-state index in [1.165, 1.54) is 0 Å². The number of nitrogens with zero attached hydrogens (tertiary/aromatic N) is 2. The number of rotatable bonds is 6. The van der Waals surface area contributed by atoms with Gasteiger partial charge in [0, 0.05) is 23.5 Å². The van der Waals surface area contributed by atoms with Crippen LogP contribution in [0, 0.1) is 0 Å². The second-order valence-corrected chi connectivity index (χ2v) is 6.49. The van der Waals surface area contributed by atoms with Crippen molar-refractivity contribution < 1.29 is 19.0 Å². The number of aromatic nitrogens is 2. The zero-order chi connectivity index (χ0) is 21.1. The zero-order valence-electron chi connectivity index (χ0n) is 16.9. The van der Waals surface area contributed by atoms with Crippen molar-refractivity contribution >= 4 is 17.2 Å². The molecule has 0 spiro atoms. The van der Waals surface area contributed by atoms with Crippen LogP contribution in [-0.4, -0.2) is 36.6 Å². The molecule has 0 fully saturated rings. The Hall–Kier alpha value is -4.00. The Morgan fingerprint density at radius 1 is 0.900 bits per heavy atom. The van der Waals surface area contributed by atoms with Gasteiger partial charge in [0.25, 0.3) is 5.91 Å². The normalized spacial score (nSPS) is 10.6. The number of nitrogens with one attached hydrogen (secondary N) is 1. The number of amides is 1. The summed E-state index contributed by atoms with van der Waals surface area (Å²) in [6.45, 7) is 0. The number of carbonyl (C=O) groups excluding carboxylic acids is 1. The summed E-state index contributed by atoms with van der Waals surface area (Å²) in [5.41, 5.74) is 3.13. The number of methoxy groups -OCH3 is 3. The molecular formula is C23H21N3O4. The number of pyridine rings is 1. The molecule has 4 aromatic rings. The first-order valence-corrected chi connectivity index (χ1v) is 9.29. The van der Waals surface area contributed by atoms with Crippen molar-refractivity contribution in [3.63, 3.8) is 0 Å². The summed E-state index contributed by atoms with van der Waals surface area (Å²) in [4.78, 5) is 17.7. The highest BCUT2D eigenvalue weighted by atomic mass is 16.5. The summed E-state index contributed by atoms with van der Waals surface area (Å²) in [6.07, 6.45) is 1.88. The predicted molar refractivity (Wildman–Crippen MR) is 115 cm³/mol. The Balaban J connectivity index is 1.75. The molecule has 0 unspecified atom stereocenters. The first-order chi connectivity index (χ1) is 14.6. The number of hydrogen-bond donors (Lipinski definition) is 1. The topological polar surface area (TPSA) is 74.1 Å². The maximum absolute atomic E-state index is 13.2. The van der Waals surface area contributed by atoms with Crippen LogP contribution in [0.25, 0.3) is 16.9 Å². The third-order valence-corrected chi connectivity index (χ3v) is 4.75. The number of anilines is 1. The summed E-state index contributed by atoms with van der Waals surface area (Å²) < 4.78 is 17.7. The molecule has 2 aromatic carbocycles. The fraction of sp³-hybridized carbons (Fsp3) is 0.130. The van der Waals surface area contributed by atoms with Gasteiger partial charge in [-0.25, -0.2) is 4.98 Å². The summed E-state index contributed by atoms with van der Waals surface area (Å²) in [5.74, 6) is 1.53. The van der Waals surface area contributed by atoms with E-state index in [2.05, 4.69) is 10.3 Å². The Kier molecular flexibility index (Phi) is 5.26. The summed E-state index contributed by atoms with van der Waals surface area (Å²) in [6, 6.07) is 18.4. The second kappa shape index (κ2) is 8.16. The minimum absolute atomic E-state index is 0.321. The lowest BCUT2D eigenvalue weighted by Gasteiger charge is -2.11. The van der Waals surface area contributed by atoms with Crippen molar-refractivity contribution in [2.75, 3.05) is 26.6 Å². The van der Waals surface area contributed by atoms with E-state index in [9.17, 15) is 4.79 Å². The van der Waals surface area contributed by atoms with E-state index in [0.29, 0.717) is 34.2 Å². The second-order valence-electron chi connectivity index (χ2n) is 6.49. The third kappa shape index (κ3) is 3.53. The Morgan fingerprint density at radius 3 is 2.37 bits per heavy atom. The largest absolute Gasteiger partial charge is 0.497 e. The molecule has 30 heavy (non-hydrogen) atoms. The van der Waals surface area contributed by atoms with Gasteiger partial charge in [-0.15, -0.1) is 0 Å². The van der Waals surface area contributed by atoms with Gasteiger partial charge >= 0.3 is 0 Å². The molecule has 0 aliphatic heterocycles. The SMILES string of the molecule is COc1ccc(-c2c(C(=O)Nc3ccc(OC)c(OC)c3)nc3ccccn23)cc1. The molecule has 152 valence electrons. The average molecular weight is 403 g/mol. The van der Waals surface area contributed by atoms with Gasteiger partial charge in [0.2, 0.25) is 0 Å². The summed E-state index contributed by atoms with van der Waals surface area (Å²) in [7, 11) is 4.73. The van der Waals surface area contributed by atoms with Gasteiger partial charge < -0.3 is 19.5 Å². The highest BCUT2D eigenvalue weighted by molar-refractivity contribution is 6.07. The molecule has 1 N–H and O–H groups in total. The molecule has 4 rings (SSSR count). The predicted octanol–water partition coefficient (Wildman–Crippen LogP) is 4.28. The van der Waals surface area contributed by atoms with Crippen molar-refractivity contribution in [1.29, 1.82) is 0 Å². The first-order valence-electron chi connectivity index (χ1n) is 9.29. The number of imidazole rings is 1. The van der Waals surface area contributed by atoms with E-state index in [4.69, 9.17) is 14.2 Å². The number of ether oxygens (including phenoxy) is 3. The summed E-state index contributed by atoms with van der Waals surface area (Å²) in [5, 5.41) is 2.90. The monoisotopic (exact) mass is 403 g/mol. The van der Waals surface area contributed by atoms with Crippen LogP contribution in [0.1, 0.15) is 10.5 Å². The molecule has 7 nitrogen and oxygen atoms in total. The Bertz CT molecular complexity index is 1200. The molecule has 7 heteroatoms. The van der Waals surface area contributed by atoms with Crippen molar-refractivity contribution in [2.45, 2.75) is 0 Å². The van der Waals surface area contributed by atoms with Crippen molar-refractivity contribution in [3.05, 3.63) is 72.6 Å². The van der Waals surface area contributed by atoms with Gasteiger partial charge in [0.1, 0.15) is 11.4 Å². The van der Waals surface area contributed by atoms with Crippen LogP contribution in [-0.2, 0) is 0 Å². The molecule has 0 bridgehead atoms. The molecule has 0 aliphatic rings. The molecule has 0 atom stereocenters. The number of benzene rings is 2. The number of carbonyl (C=O) groups is 1. The smallest absolute Gasteiger partial charge is 0.276 e. The van der Waals surface area contributed by atoms with Gasteiger partial charge in [0.05, 0.1) is 27.0 Å². The Morgan fingerprint density at radius 2 is 1.67 bits per heavy atom. The van der Waals surface area contributed by atoms with Gasteiger partial charge in [-0.1, -0.05) is 6.07 Å². The van der Waals surface area contributed by atoms with Gasteiger partial charge in [-0.3, -0.25) is 9.20 Å². The van der Waals surface area contributed by atoms with E-state index in [1.54, 1.807) is 39.5 Å². The number of fused-ring (bicyclic) bond motifs is 1. The third-order valence-electron chi connectivity index (χ3n) is 4.75. The fourth-order valence-corrected chi connectivity index (χ4v) is 3.28. The van der Waals surface area contributed by atoms with Crippen LogP contribution in [0.4, 0.5) is 5.69 Å². The van der Waals surface area contributed by atoms with Crippen LogP contribution in [0.2, 0.25) is 0 Å². The van der Waals surface area contributed by atoms with Gasteiger partial charge in [0.15, 0.2) is 17.2 Å². The average Bonchev–Trinajstić information content (AvgIpc) is 3.19. The number of hydrogen-bond acceptors (Lipinski definition) is 5. The summed E-state index contributed by atoms with van der Waals surface area (Å²) >= 11 is 0. The molecule has 0 aliphatic carbocycles. The van der Waals surface area contributed by atoms with E-state index in [0.717, 1.165) is 11.3 Å². The maximum atomic E-state index is 13.2. The lowest BCUT2D eigenvalue weighted by molar-refractivity contribution is 0.102. The lowest BCUT2D eigenvalue weighted by atomic mass is 10.1. The molecule has 2 heterocycles. The molecule has 0 saturated heterocycles. The molecular weight excluding hydrogens is 382 g/mol. The zero-order valence-corrected chi connectivity index (χ0v) is 16.9. The van der Waals surface area contributed by atoms with Gasteiger partial charge in [-0.05, 0) is 48.5 Å². The van der Waals surface area contributed by atoms with Crippen molar-refractivity contribution in [2.24, 2.45) is 0 Å². The minimum Gasteiger partial charge on any atom is -0.497 e. The van der Waals surface area contributed by atoms with Crippen molar-refractivity contribution in [3.8, 4) is 28.5 Å². The van der Waals surface area contributed by atoms with E-state index >= 15 is 0 Å². The highest BCUT2D eigenvalue weighted by Crippen LogP contribution is 2.31. The maximum Gasteiger partial charge on any atom is 0.276 e. The van der Waals surface area contributed by atoms with Crippen LogP contribution >= 0.6 is 0 Å². The van der Waals surface area contributed by atoms with Crippen LogP contribution in [0.3, 0.4) is 0 Å². The minimum atomic E-state index is -0.322. The van der Waals surface area contributed by atoms with Crippen LogP contribution in [0.15, 0.2) is 66.9 Å². The van der Waals surface area contributed by atoms with Crippen molar-refractivity contribution in [1.82, 2.24) is 9.38 Å². The Labute approximate surface area is 173 Å². The quantitative estimate of drug-likeness (QED) is 0.520. The van der Waals surface area contributed by atoms with Crippen LogP contribution in [0.5, 0.6) is 17.2 Å². The molecule has 0 radical (unpaired) electrons. The standard InChI is InChI=1S/C23H21N3O4/c1-28-17-10-7-15(8-11-17)22-21(25-20-6-4-5-13-26(20)22)23(27)24-16-9-12-18(29-2)19(14-16)30-3/h4-14H,1-3H3,(H,24,27). The highest BCUT2D eigenvalue weighted by Gasteiger charge is 2.21. The van der Waals surface area contributed by atoms with E-state index < -0.39 is 0 Å². The lowest BCUT2D eigenvalue weighted by Crippen LogP contribution is -2.14. The van der Waals surface area contributed by atoms with Gasteiger partial charge in [-0.2, -0.15) is 0 Å². The van der Waals surface area contributed by atoms with E-state index in [1.807, 2.05) is 53.1 Å². The molecule has 0 saturated carbocycles.